The lowest BCUT2D eigenvalue weighted by atomic mass is 10.1. The van der Waals surface area contributed by atoms with E-state index in [9.17, 15) is 9.59 Å². The van der Waals surface area contributed by atoms with Gasteiger partial charge < -0.3 is 0 Å². The molecule has 0 amide bonds. The molecule has 6 nitrogen and oxygen atoms in total. The zero-order chi connectivity index (χ0) is 20.4. The second-order valence-electron chi connectivity index (χ2n) is 7.17. The molecule has 0 saturated carbocycles. The highest BCUT2D eigenvalue weighted by Gasteiger charge is 2.17. The predicted molar refractivity (Wildman–Crippen MR) is 114 cm³/mol. The molecule has 0 aliphatic rings. The molecule has 3 rings (SSSR count). The molecule has 0 atom stereocenters. The zero-order valence-electron chi connectivity index (χ0n) is 17.1. The highest BCUT2D eigenvalue weighted by molar-refractivity contribution is 7.98. The molecule has 3 aromatic rings. The molecule has 0 unspecified atom stereocenters. The van der Waals surface area contributed by atoms with E-state index in [0.717, 1.165) is 23.8 Å². The van der Waals surface area contributed by atoms with Crippen molar-refractivity contribution in [3.63, 3.8) is 0 Å². The van der Waals surface area contributed by atoms with Gasteiger partial charge in [0.15, 0.2) is 5.65 Å². The van der Waals surface area contributed by atoms with Crippen LogP contribution < -0.4 is 11.2 Å². The fourth-order valence-corrected chi connectivity index (χ4v) is 4.22. The van der Waals surface area contributed by atoms with E-state index in [1.165, 1.54) is 40.1 Å². The molecular weight excluding hydrogens is 372 g/mol. The Hall–Kier alpha value is -2.41. The summed E-state index contributed by atoms with van der Waals surface area (Å²) in [4.78, 5) is 34.4. The number of aryl methyl sites for hydroxylation is 4. The van der Waals surface area contributed by atoms with Crippen molar-refractivity contribution >= 4 is 22.8 Å². The summed E-state index contributed by atoms with van der Waals surface area (Å²) in [5.41, 5.74) is 3.33. The fourth-order valence-electron chi connectivity index (χ4n) is 3.12. The first-order chi connectivity index (χ1) is 13.3. The van der Waals surface area contributed by atoms with Crippen molar-refractivity contribution in [3.8, 4) is 0 Å². The highest BCUT2D eigenvalue weighted by Crippen LogP contribution is 2.27. The third-order valence-electron chi connectivity index (χ3n) is 4.94. The summed E-state index contributed by atoms with van der Waals surface area (Å²) in [7, 11) is 3.15. The molecule has 1 aromatic carbocycles. The van der Waals surface area contributed by atoms with Crippen LogP contribution in [-0.4, -0.2) is 19.1 Å². The topological polar surface area (TPSA) is 69.8 Å². The maximum atomic E-state index is 12.8. The lowest BCUT2D eigenvalue weighted by Crippen LogP contribution is -2.37. The molecule has 0 N–H and O–H groups in total. The number of hydrogen-bond donors (Lipinski definition) is 0. The van der Waals surface area contributed by atoms with Crippen LogP contribution in [0.5, 0.6) is 0 Å². The van der Waals surface area contributed by atoms with Crippen LogP contribution in [0.1, 0.15) is 42.3 Å². The van der Waals surface area contributed by atoms with E-state index < -0.39 is 0 Å². The molecule has 0 saturated heterocycles. The molecule has 2 heterocycles. The van der Waals surface area contributed by atoms with Crippen molar-refractivity contribution in [1.82, 2.24) is 19.1 Å². The number of nitrogens with zero attached hydrogens (tertiary/aromatic N) is 4. The SMILES string of the molecule is CCCCc1nc(SCc2cc(C)ccc2C)c2c(=O)n(C)c(=O)n(C)c2n1. The lowest BCUT2D eigenvalue weighted by Gasteiger charge is -2.12. The lowest BCUT2D eigenvalue weighted by molar-refractivity contribution is 0.690. The Morgan fingerprint density at radius 2 is 1.82 bits per heavy atom. The zero-order valence-corrected chi connectivity index (χ0v) is 17.9. The number of unbranched alkanes of at least 4 members (excludes halogenated alkanes) is 1. The van der Waals surface area contributed by atoms with Gasteiger partial charge in [-0.15, -0.1) is 11.8 Å². The van der Waals surface area contributed by atoms with Gasteiger partial charge in [-0.3, -0.25) is 13.9 Å². The second kappa shape index (κ2) is 8.31. The smallest absolute Gasteiger partial charge is 0.280 e. The number of hydrogen-bond acceptors (Lipinski definition) is 5. The first-order valence-corrected chi connectivity index (χ1v) is 10.5. The van der Waals surface area contributed by atoms with E-state index in [2.05, 4.69) is 44.0 Å². The molecule has 0 radical (unpaired) electrons. The maximum absolute atomic E-state index is 12.8. The minimum atomic E-state index is -0.372. The predicted octanol–water partition coefficient (Wildman–Crippen LogP) is 3.28. The Bertz CT molecular complexity index is 1150. The van der Waals surface area contributed by atoms with Crippen LogP contribution in [0.2, 0.25) is 0 Å². The van der Waals surface area contributed by atoms with Crippen molar-refractivity contribution in [2.75, 3.05) is 0 Å². The van der Waals surface area contributed by atoms with E-state index in [1.807, 2.05) is 0 Å². The number of rotatable bonds is 6. The Kier molecular flexibility index (Phi) is 6.03. The minimum absolute atomic E-state index is 0.344. The molecule has 0 fully saturated rings. The van der Waals surface area contributed by atoms with Crippen molar-refractivity contribution in [2.24, 2.45) is 14.1 Å². The summed E-state index contributed by atoms with van der Waals surface area (Å²) in [5, 5.41) is 1.06. The van der Waals surface area contributed by atoms with E-state index in [-0.39, 0.29) is 11.2 Å². The molecule has 7 heteroatoms. The Balaban J connectivity index is 2.14. The van der Waals surface area contributed by atoms with Crippen LogP contribution in [0.15, 0.2) is 32.8 Å². The monoisotopic (exact) mass is 398 g/mol. The fraction of sp³-hybridized carbons (Fsp3) is 0.429. The number of aromatic nitrogens is 4. The standard InChI is InChI=1S/C21H26N4O2S/c1-6-7-8-16-22-18-17(20(26)25(5)21(27)24(18)4)19(23-16)28-12-15-11-13(2)9-10-14(15)3/h9-11H,6-8,12H2,1-5H3. The number of thioether (sulfide) groups is 1. The van der Waals surface area contributed by atoms with E-state index in [4.69, 9.17) is 4.98 Å². The van der Waals surface area contributed by atoms with Crippen molar-refractivity contribution in [3.05, 3.63) is 61.6 Å². The Labute approximate surface area is 168 Å². The first-order valence-electron chi connectivity index (χ1n) is 9.49. The van der Waals surface area contributed by atoms with Crippen LogP contribution in [0.4, 0.5) is 0 Å². The Morgan fingerprint density at radius 3 is 2.54 bits per heavy atom. The van der Waals surface area contributed by atoms with E-state index >= 15 is 0 Å². The average Bonchev–Trinajstić information content (AvgIpc) is 2.69. The highest BCUT2D eigenvalue weighted by atomic mass is 32.2. The molecule has 148 valence electrons. The maximum Gasteiger partial charge on any atom is 0.332 e. The van der Waals surface area contributed by atoms with Gasteiger partial charge in [-0.2, -0.15) is 0 Å². The second-order valence-corrected chi connectivity index (χ2v) is 8.14. The molecule has 28 heavy (non-hydrogen) atoms. The third-order valence-corrected chi connectivity index (χ3v) is 5.96. The molecule has 0 aliphatic carbocycles. The summed E-state index contributed by atoms with van der Waals surface area (Å²) in [6.07, 6.45) is 2.72. The van der Waals surface area contributed by atoms with E-state index in [0.29, 0.717) is 27.6 Å². The largest absolute Gasteiger partial charge is 0.332 e. The summed E-state index contributed by atoms with van der Waals surface area (Å²) in [6, 6.07) is 6.37. The molecular formula is C21H26N4O2S. The van der Waals surface area contributed by atoms with Gasteiger partial charge in [0.05, 0.1) is 0 Å². The molecule has 0 spiro atoms. The molecule has 2 aromatic heterocycles. The third kappa shape index (κ3) is 3.90. The van der Waals surface area contributed by atoms with Gasteiger partial charge in [0.2, 0.25) is 0 Å². The normalized spacial score (nSPS) is 11.3. The van der Waals surface area contributed by atoms with Gasteiger partial charge in [-0.1, -0.05) is 37.1 Å². The van der Waals surface area contributed by atoms with Crippen LogP contribution in [0.3, 0.4) is 0 Å². The van der Waals surface area contributed by atoms with Gasteiger partial charge in [0.25, 0.3) is 5.56 Å². The van der Waals surface area contributed by atoms with Gasteiger partial charge in [0.1, 0.15) is 16.2 Å². The van der Waals surface area contributed by atoms with Crippen LogP contribution >= 0.6 is 11.8 Å². The van der Waals surface area contributed by atoms with Crippen LogP contribution in [0.25, 0.3) is 11.0 Å². The van der Waals surface area contributed by atoms with Gasteiger partial charge in [-0.05, 0) is 31.4 Å². The van der Waals surface area contributed by atoms with E-state index in [1.54, 1.807) is 7.05 Å². The van der Waals surface area contributed by atoms with Crippen molar-refractivity contribution < 1.29 is 0 Å². The summed E-state index contributed by atoms with van der Waals surface area (Å²) >= 11 is 1.53. The van der Waals surface area contributed by atoms with Crippen molar-refractivity contribution in [2.45, 2.75) is 50.8 Å². The van der Waals surface area contributed by atoms with Crippen molar-refractivity contribution in [1.29, 1.82) is 0 Å². The van der Waals surface area contributed by atoms with Gasteiger partial charge in [-0.25, -0.2) is 14.8 Å². The molecule has 0 bridgehead atoms. The number of benzene rings is 1. The van der Waals surface area contributed by atoms with Gasteiger partial charge >= 0.3 is 5.69 Å². The van der Waals surface area contributed by atoms with Crippen LogP contribution in [0, 0.1) is 13.8 Å². The molecule has 0 aliphatic heterocycles. The number of fused-ring (bicyclic) bond motifs is 1. The summed E-state index contributed by atoms with van der Waals surface area (Å²) < 4.78 is 2.56. The van der Waals surface area contributed by atoms with Crippen LogP contribution in [-0.2, 0) is 26.3 Å². The summed E-state index contributed by atoms with van der Waals surface area (Å²) in [5.74, 6) is 1.39. The van der Waals surface area contributed by atoms with Gasteiger partial charge in [0, 0.05) is 26.3 Å². The summed E-state index contributed by atoms with van der Waals surface area (Å²) in [6.45, 7) is 6.27. The average molecular weight is 399 g/mol. The quantitative estimate of drug-likeness (QED) is 0.471. The Morgan fingerprint density at radius 1 is 1.07 bits per heavy atom. The first kappa shape index (κ1) is 20.3. The minimum Gasteiger partial charge on any atom is -0.280 e.